The normalized spacial score (nSPS) is 11.0. The van der Waals surface area contributed by atoms with Crippen LogP contribution >= 0.6 is 23.1 Å². The van der Waals surface area contributed by atoms with Gasteiger partial charge in [-0.2, -0.15) is 4.98 Å². The van der Waals surface area contributed by atoms with Crippen molar-refractivity contribution in [2.45, 2.75) is 17.5 Å². The maximum absolute atomic E-state index is 5.42. The quantitative estimate of drug-likeness (QED) is 0.357. The third-order valence-electron chi connectivity index (χ3n) is 3.30. The van der Waals surface area contributed by atoms with Gasteiger partial charge in [0, 0.05) is 6.54 Å². The molecule has 0 saturated carbocycles. The first-order valence-corrected chi connectivity index (χ1v) is 9.29. The van der Waals surface area contributed by atoms with E-state index < -0.39 is 0 Å². The second kappa shape index (κ2) is 7.08. The lowest BCUT2D eigenvalue weighted by atomic mass is 10.4. The Morgan fingerprint density at radius 2 is 2.24 bits per heavy atom. The van der Waals surface area contributed by atoms with Gasteiger partial charge in [-0.15, -0.1) is 28.1 Å². The Bertz CT molecular complexity index is 957. The van der Waals surface area contributed by atoms with Crippen LogP contribution in [0.1, 0.15) is 5.82 Å². The summed E-state index contributed by atoms with van der Waals surface area (Å²) in [6.45, 7) is 4.38. The van der Waals surface area contributed by atoms with Crippen molar-refractivity contribution in [3.05, 3.63) is 54.4 Å². The first-order chi connectivity index (χ1) is 12.3. The summed E-state index contributed by atoms with van der Waals surface area (Å²) in [7, 11) is 0. The molecule has 0 atom stereocenters. The summed E-state index contributed by atoms with van der Waals surface area (Å²) in [6.07, 6.45) is 3.41. The van der Waals surface area contributed by atoms with Gasteiger partial charge in [-0.3, -0.25) is 4.57 Å². The van der Waals surface area contributed by atoms with Crippen LogP contribution in [0.25, 0.3) is 22.4 Å². The fourth-order valence-electron chi connectivity index (χ4n) is 2.22. The molecule has 7 nitrogen and oxygen atoms in total. The molecule has 0 saturated heterocycles. The van der Waals surface area contributed by atoms with Gasteiger partial charge in [0.1, 0.15) is 0 Å². The van der Waals surface area contributed by atoms with Gasteiger partial charge < -0.3 is 8.94 Å². The molecular weight excluding hydrogens is 358 g/mol. The smallest absolute Gasteiger partial charge is 0.268 e. The SMILES string of the molecule is C=CCn1c(SCc2noc(-c3cccs3)n2)nnc1-c1ccco1. The third kappa shape index (κ3) is 3.28. The number of rotatable bonds is 7. The number of hydrogen-bond acceptors (Lipinski definition) is 8. The van der Waals surface area contributed by atoms with Gasteiger partial charge in [0.15, 0.2) is 16.7 Å². The van der Waals surface area contributed by atoms with Gasteiger partial charge in [-0.1, -0.05) is 29.1 Å². The fourth-order valence-corrected chi connectivity index (χ4v) is 3.65. The van der Waals surface area contributed by atoms with Crippen LogP contribution in [0, 0.1) is 0 Å². The van der Waals surface area contributed by atoms with Crippen molar-refractivity contribution < 1.29 is 8.94 Å². The highest BCUT2D eigenvalue weighted by Gasteiger charge is 2.17. The molecule has 0 spiro atoms. The van der Waals surface area contributed by atoms with Crippen molar-refractivity contribution in [1.82, 2.24) is 24.9 Å². The second-order valence-corrected chi connectivity index (χ2v) is 6.85. The summed E-state index contributed by atoms with van der Waals surface area (Å²) in [5, 5.41) is 15.2. The Morgan fingerprint density at radius 1 is 1.28 bits per heavy atom. The lowest BCUT2D eigenvalue weighted by Gasteiger charge is -2.04. The summed E-state index contributed by atoms with van der Waals surface area (Å²) in [5.41, 5.74) is 0. The molecule has 4 aromatic rings. The lowest BCUT2D eigenvalue weighted by Crippen LogP contribution is -2.00. The van der Waals surface area contributed by atoms with Gasteiger partial charge in [0.05, 0.1) is 16.9 Å². The van der Waals surface area contributed by atoms with Crippen LogP contribution in [0.4, 0.5) is 0 Å². The van der Waals surface area contributed by atoms with E-state index in [2.05, 4.69) is 26.9 Å². The zero-order valence-electron chi connectivity index (χ0n) is 13.0. The molecular formula is C16H13N5O2S2. The number of thiophene rings is 1. The summed E-state index contributed by atoms with van der Waals surface area (Å²) < 4.78 is 12.7. The van der Waals surface area contributed by atoms with Gasteiger partial charge in [-0.25, -0.2) is 0 Å². The number of aromatic nitrogens is 5. The van der Waals surface area contributed by atoms with E-state index in [1.54, 1.807) is 23.7 Å². The summed E-state index contributed by atoms with van der Waals surface area (Å²) in [5.74, 6) is 3.01. The van der Waals surface area contributed by atoms with E-state index in [9.17, 15) is 0 Å². The van der Waals surface area contributed by atoms with E-state index in [0.29, 0.717) is 35.6 Å². The Hall–Kier alpha value is -2.65. The molecule has 126 valence electrons. The van der Waals surface area contributed by atoms with Gasteiger partial charge in [0.2, 0.25) is 5.82 Å². The Kier molecular flexibility index (Phi) is 4.49. The average molecular weight is 371 g/mol. The van der Waals surface area contributed by atoms with Crippen LogP contribution in [0.3, 0.4) is 0 Å². The molecule has 0 aliphatic carbocycles. The Balaban J connectivity index is 1.52. The van der Waals surface area contributed by atoms with Gasteiger partial charge >= 0.3 is 0 Å². The minimum Gasteiger partial charge on any atom is -0.461 e. The van der Waals surface area contributed by atoms with E-state index in [0.717, 1.165) is 10.0 Å². The van der Waals surface area contributed by atoms with E-state index in [-0.39, 0.29) is 0 Å². The molecule has 4 aromatic heterocycles. The molecule has 0 fully saturated rings. The maximum atomic E-state index is 5.42. The largest absolute Gasteiger partial charge is 0.461 e. The zero-order chi connectivity index (χ0) is 17.1. The monoisotopic (exact) mass is 371 g/mol. The molecule has 4 heterocycles. The van der Waals surface area contributed by atoms with Crippen molar-refractivity contribution in [3.63, 3.8) is 0 Å². The molecule has 0 radical (unpaired) electrons. The topological polar surface area (TPSA) is 82.8 Å². The van der Waals surface area contributed by atoms with Gasteiger partial charge in [0.25, 0.3) is 5.89 Å². The highest BCUT2D eigenvalue weighted by molar-refractivity contribution is 7.98. The van der Waals surface area contributed by atoms with E-state index >= 15 is 0 Å². The lowest BCUT2D eigenvalue weighted by molar-refractivity contribution is 0.426. The van der Waals surface area contributed by atoms with Crippen LogP contribution in [0.15, 0.2) is 62.7 Å². The molecule has 0 aliphatic rings. The van der Waals surface area contributed by atoms with Crippen molar-refractivity contribution in [2.24, 2.45) is 0 Å². The molecule has 0 aromatic carbocycles. The highest BCUT2D eigenvalue weighted by Crippen LogP contribution is 2.27. The standard InChI is InChI=1S/C16H13N5O2S2/c1-2-7-21-14(11-5-3-8-22-11)18-19-16(21)25-10-13-17-15(23-20-13)12-6-4-9-24-12/h2-6,8-9H,1,7,10H2. The summed E-state index contributed by atoms with van der Waals surface area (Å²) >= 11 is 3.05. The van der Waals surface area contributed by atoms with Crippen molar-refractivity contribution in [1.29, 1.82) is 0 Å². The van der Waals surface area contributed by atoms with Crippen LogP contribution < -0.4 is 0 Å². The maximum Gasteiger partial charge on any atom is 0.268 e. The number of thioether (sulfide) groups is 1. The molecule has 0 unspecified atom stereocenters. The minimum absolute atomic E-state index is 0.530. The van der Waals surface area contributed by atoms with Crippen LogP contribution in [-0.4, -0.2) is 24.9 Å². The molecule has 0 bridgehead atoms. The fraction of sp³-hybridized carbons (Fsp3) is 0.125. The molecule has 25 heavy (non-hydrogen) atoms. The average Bonchev–Trinajstić information content (AvgIpc) is 3.38. The summed E-state index contributed by atoms with van der Waals surface area (Å²) in [6, 6.07) is 7.57. The minimum atomic E-state index is 0.530. The molecule has 9 heteroatoms. The number of hydrogen-bond donors (Lipinski definition) is 0. The summed E-state index contributed by atoms with van der Waals surface area (Å²) in [4.78, 5) is 5.37. The number of allylic oxidation sites excluding steroid dienone is 1. The van der Waals surface area contributed by atoms with Crippen LogP contribution in [0.5, 0.6) is 0 Å². The molecule has 4 rings (SSSR count). The Morgan fingerprint density at radius 3 is 3.00 bits per heavy atom. The number of nitrogens with zero attached hydrogens (tertiary/aromatic N) is 5. The van der Waals surface area contributed by atoms with Crippen molar-refractivity contribution >= 4 is 23.1 Å². The van der Waals surface area contributed by atoms with Crippen LogP contribution in [-0.2, 0) is 12.3 Å². The predicted octanol–water partition coefficient (Wildman–Crippen LogP) is 4.13. The Labute approximate surface area is 151 Å². The van der Waals surface area contributed by atoms with Gasteiger partial charge in [-0.05, 0) is 23.6 Å². The third-order valence-corrected chi connectivity index (χ3v) is 5.12. The number of furan rings is 1. The molecule has 0 N–H and O–H groups in total. The van der Waals surface area contributed by atoms with Crippen molar-refractivity contribution in [3.8, 4) is 22.4 Å². The van der Waals surface area contributed by atoms with E-state index in [4.69, 9.17) is 8.94 Å². The first-order valence-electron chi connectivity index (χ1n) is 7.42. The molecule has 0 amide bonds. The first kappa shape index (κ1) is 15.9. The highest BCUT2D eigenvalue weighted by atomic mass is 32.2. The van der Waals surface area contributed by atoms with E-state index in [1.807, 2.05) is 34.2 Å². The zero-order valence-corrected chi connectivity index (χ0v) is 14.7. The second-order valence-electron chi connectivity index (χ2n) is 4.96. The van der Waals surface area contributed by atoms with Crippen molar-refractivity contribution in [2.75, 3.05) is 0 Å². The molecule has 0 aliphatic heterocycles. The van der Waals surface area contributed by atoms with Crippen LogP contribution in [0.2, 0.25) is 0 Å². The van der Waals surface area contributed by atoms with E-state index in [1.165, 1.54) is 11.8 Å². The predicted molar refractivity (Wildman–Crippen MR) is 95.1 cm³/mol.